The number of hydrogen-bond acceptors (Lipinski definition) is 4. The Morgan fingerprint density at radius 3 is 2.75 bits per heavy atom. The molecule has 5 nitrogen and oxygen atoms in total. The van der Waals surface area contributed by atoms with Crippen LogP contribution in [0.5, 0.6) is 11.5 Å². The summed E-state index contributed by atoms with van der Waals surface area (Å²) in [5.41, 5.74) is 2.05. The van der Waals surface area contributed by atoms with Crippen molar-refractivity contribution in [1.29, 1.82) is 0 Å². The highest BCUT2D eigenvalue weighted by Crippen LogP contribution is 2.30. The van der Waals surface area contributed by atoms with Crippen LogP contribution in [0.25, 0.3) is 11.0 Å². The Bertz CT molecular complexity index is 888. The highest BCUT2D eigenvalue weighted by Gasteiger charge is 2.13. The molecule has 1 amide bonds. The number of benzene rings is 2. The second-order valence-electron chi connectivity index (χ2n) is 5.19. The SMILES string of the molecule is COc1ccc(NC(=O)Cc2coc3ccc(Cl)cc23)c(OC)c1. The minimum atomic E-state index is -0.179. The van der Waals surface area contributed by atoms with Crippen LogP contribution in [-0.2, 0) is 11.2 Å². The molecule has 0 saturated carbocycles. The molecule has 1 heterocycles. The van der Waals surface area contributed by atoms with Gasteiger partial charge in [0.1, 0.15) is 17.1 Å². The van der Waals surface area contributed by atoms with E-state index in [-0.39, 0.29) is 12.3 Å². The molecular formula is C18H16ClNO4. The summed E-state index contributed by atoms with van der Waals surface area (Å²) in [6.07, 6.45) is 1.74. The maximum atomic E-state index is 12.4. The molecule has 0 radical (unpaired) electrons. The van der Waals surface area contributed by atoms with Gasteiger partial charge < -0.3 is 19.2 Å². The number of amides is 1. The van der Waals surface area contributed by atoms with E-state index in [1.165, 1.54) is 7.11 Å². The Morgan fingerprint density at radius 1 is 1.17 bits per heavy atom. The van der Waals surface area contributed by atoms with Crippen LogP contribution in [0.2, 0.25) is 5.02 Å². The second kappa shape index (κ2) is 6.84. The van der Waals surface area contributed by atoms with Gasteiger partial charge in [-0.15, -0.1) is 0 Å². The van der Waals surface area contributed by atoms with Gasteiger partial charge in [0, 0.05) is 22.0 Å². The Hall–Kier alpha value is -2.66. The van der Waals surface area contributed by atoms with Gasteiger partial charge in [-0.3, -0.25) is 4.79 Å². The highest BCUT2D eigenvalue weighted by atomic mass is 35.5. The van der Waals surface area contributed by atoms with E-state index in [4.69, 9.17) is 25.5 Å². The first-order valence-corrected chi connectivity index (χ1v) is 7.66. The minimum absolute atomic E-state index is 0.169. The first kappa shape index (κ1) is 16.2. The van der Waals surface area contributed by atoms with Crippen molar-refractivity contribution in [1.82, 2.24) is 0 Å². The molecule has 0 atom stereocenters. The second-order valence-corrected chi connectivity index (χ2v) is 5.63. The van der Waals surface area contributed by atoms with Crippen molar-refractivity contribution in [3.63, 3.8) is 0 Å². The molecule has 1 aromatic heterocycles. The predicted molar refractivity (Wildman–Crippen MR) is 93.1 cm³/mol. The smallest absolute Gasteiger partial charge is 0.229 e. The summed E-state index contributed by atoms with van der Waals surface area (Å²) in [6.45, 7) is 0. The molecule has 3 rings (SSSR count). The van der Waals surface area contributed by atoms with E-state index in [0.717, 1.165) is 10.9 Å². The van der Waals surface area contributed by atoms with Gasteiger partial charge in [0.05, 0.1) is 32.6 Å². The van der Waals surface area contributed by atoms with E-state index >= 15 is 0 Å². The van der Waals surface area contributed by atoms with Gasteiger partial charge in [0.15, 0.2) is 0 Å². The predicted octanol–water partition coefficient (Wildman–Crippen LogP) is 4.28. The summed E-state index contributed by atoms with van der Waals surface area (Å²) in [7, 11) is 3.11. The summed E-state index contributed by atoms with van der Waals surface area (Å²) in [5.74, 6) is 1.00. The summed E-state index contributed by atoms with van der Waals surface area (Å²) in [5, 5.41) is 4.27. The fourth-order valence-electron chi connectivity index (χ4n) is 2.46. The number of rotatable bonds is 5. The zero-order valence-electron chi connectivity index (χ0n) is 13.3. The fraction of sp³-hybridized carbons (Fsp3) is 0.167. The van der Waals surface area contributed by atoms with Crippen LogP contribution in [0, 0.1) is 0 Å². The number of fused-ring (bicyclic) bond motifs is 1. The number of carbonyl (C=O) groups excluding carboxylic acids is 1. The molecular weight excluding hydrogens is 330 g/mol. The third-order valence-electron chi connectivity index (χ3n) is 3.65. The van der Waals surface area contributed by atoms with E-state index < -0.39 is 0 Å². The molecule has 6 heteroatoms. The Kier molecular flexibility index (Phi) is 4.62. The highest BCUT2D eigenvalue weighted by molar-refractivity contribution is 6.31. The van der Waals surface area contributed by atoms with Crippen molar-refractivity contribution in [3.05, 3.63) is 53.2 Å². The van der Waals surface area contributed by atoms with Crippen molar-refractivity contribution in [3.8, 4) is 11.5 Å². The molecule has 24 heavy (non-hydrogen) atoms. The lowest BCUT2D eigenvalue weighted by Gasteiger charge is -2.11. The Labute approximate surface area is 144 Å². The quantitative estimate of drug-likeness (QED) is 0.749. The van der Waals surface area contributed by atoms with Crippen molar-refractivity contribution in [2.45, 2.75) is 6.42 Å². The first-order valence-electron chi connectivity index (χ1n) is 7.28. The van der Waals surface area contributed by atoms with Crippen LogP contribution < -0.4 is 14.8 Å². The van der Waals surface area contributed by atoms with Gasteiger partial charge in [-0.1, -0.05) is 11.6 Å². The molecule has 0 unspecified atom stereocenters. The zero-order valence-corrected chi connectivity index (χ0v) is 14.0. The van der Waals surface area contributed by atoms with Crippen LogP contribution in [0.4, 0.5) is 5.69 Å². The third-order valence-corrected chi connectivity index (χ3v) is 3.88. The number of nitrogens with one attached hydrogen (secondary N) is 1. The van der Waals surface area contributed by atoms with Gasteiger partial charge in [0.2, 0.25) is 5.91 Å². The Morgan fingerprint density at radius 2 is 2.00 bits per heavy atom. The lowest BCUT2D eigenvalue weighted by molar-refractivity contribution is -0.115. The first-order chi connectivity index (χ1) is 11.6. The third kappa shape index (κ3) is 3.31. The van der Waals surface area contributed by atoms with Gasteiger partial charge in [-0.25, -0.2) is 0 Å². The molecule has 0 aliphatic heterocycles. The molecule has 2 aromatic carbocycles. The van der Waals surface area contributed by atoms with E-state index in [0.29, 0.717) is 27.8 Å². The number of ether oxygens (including phenoxy) is 2. The number of methoxy groups -OCH3 is 2. The number of hydrogen-bond donors (Lipinski definition) is 1. The van der Waals surface area contributed by atoms with Crippen molar-refractivity contribution < 1.29 is 18.7 Å². The molecule has 0 aliphatic rings. The number of carbonyl (C=O) groups is 1. The van der Waals surface area contributed by atoms with Crippen molar-refractivity contribution in [2.24, 2.45) is 0 Å². The molecule has 124 valence electrons. The lowest BCUT2D eigenvalue weighted by atomic mass is 10.1. The van der Waals surface area contributed by atoms with Crippen LogP contribution in [0.1, 0.15) is 5.56 Å². The zero-order chi connectivity index (χ0) is 17.1. The van der Waals surface area contributed by atoms with Gasteiger partial charge in [-0.2, -0.15) is 0 Å². The number of halogens is 1. The molecule has 0 saturated heterocycles. The largest absolute Gasteiger partial charge is 0.497 e. The maximum absolute atomic E-state index is 12.4. The Balaban J connectivity index is 1.79. The minimum Gasteiger partial charge on any atom is -0.497 e. The average molecular weight is 346 g/mol. The summed E-state index contributed by atoms with van der Waals surface area (Å²) in [4.78, 5) is 12.4. The standard InChI is InChI=1S/C18H16ClNO4/c1-22-13-4-5-15(17(9-13)23-2)20-18(21)7-11-10-24-16-6-3-12(19)8-14(11)16/h3-6,8-10H,7H2,1-2H3,(H,20,21). The monoisotopic (exact) mass is 345 g/mol. The normalized spacial score (nSPS) is 10.6. The fourth-order valence-corrected chi connectivity index (χ4v) is 2.63. The van der Waals surface area contributed by atoms with Crippen molar-refractivity contribution >= 4 is 34.2 Å². The van der Waals surface area contributed by atoms with Crippen molar-refractivity contribution in [2.75, 3.05) is 19.5 Å². The van der Waals surface area contributed by atoms with E-state index in [9.17, 15) is 4.79 Å². The topological polar surface area (TPSA) is 60.7 Å². The number of anilines is 1. The summed E-state index contributed by atoms with van der Waals surface area (Å²) < 4.78 is 15.9. The summed E-state index contributed by atoms with van der Waals surface area (Å²) in [6, 6.07) is 10.5. The lowest BCUT2D eigenvalue weighted by Crippen LogP contribution is -2.14. The molecule has 0 aliphatic carbocycles. The molecule has 1 N–H and O–H groups in total. The molecule has 0 bridgehead atoms. The van der Waals surface area contributed by atoms with Crippen LogP contribution in [0.3, 0.4) is 0 Å². The van der Waals surface area contributed by atoms with E-state index in [1.807, 2.05) is 0 Å². The van der Waals surface area contributed by atoms with E-state index in [1.54, 1.807) is 49.8 Å². The van der Waals surface area contributed by atoms with Crippen LogP contribution in [-0.4, -0.2) is 20.1 Å². The average Bonchev–Trinajstić information content (AvgIpc) is 2.97. The van der Waals surface area contributed by atoms with Crippen LogP contribution in [0.15, 0.2) is 47.1 Å². The maximum Gasteiger partial charge on any atom is 0.229 e. The van der Waals surface area contributed by atoms with Gasteiger partial charge in [0.25, 0.3) is 0 Å². The molecule has 0 fully saturated rings. The molecule has 3 aromatic rings. The van der Waals surface area contributed by atoms with Gasteiger partial charge in [-0.05, 0) is 30.3 Å². The van der Waals surface area contributed by atoms with Gasteiger partial charge >= 0.3 is 0 Å². The molecule has 0 spiro atoms. The van der Waals surface area contributed by atoms with Crippen LogP contribution >= 0.6 is 11.6 Å². The summed E-state index contributed by atoms with van der Waals surface area (Å²) >= 11 is 6.01. The van der Waals surface area contributed by atoms with E-state index in [2.05, 4.69) is 5.32 Å². The number of furan rings is 1.